The Bertz CT molecular complexity index is 728. The van der Waals surface area contributed by atoms with Gasteiger partial charge in [-0.2, -0.15) is 0 Å². The van der Waals surface area contributed by atoms with Crippen LogP contribution in [0.3, 0.4) is 0 Å². The van der Waals surface area contributed by atoms with Gasteiger partial charge in [-0.3, -0.25) is 4.79 Å². The number of hydrogen-bond acceptors (Lipinski definition) is 7. The molecule has 1 aliphatic rings. The van der Waals surface area contributed by atoms with Crippen LogP contribution in [0.25, 0.3) is 0 Å². The van der Waals surface area contributed by atoms with E-state index in [0.717, 1.165) is 41.3 Å². The van der Waals surface area contributed by atoms with E-state index < -0.39 is 5.97 Å². The minimum absolute atomic E-state index is 0.0378. The van der Waals surface area contributed by atoms with Crippen LogP contribution < -0.4 is 0 Å². The van der Waals surface area contributed by atoms with Crippen molar-refractivity contribution in [1.29, 1.82) is 0 Å². The number of aliphatic hydroxyl groups is 1. The zero-order valence-electron chi connectivity index (χ0n) is 17.3. The monoisotopic (exact) mass is 437 g/mol. The number of ether oxygens (including phenoxy) is 1. The van der Waals surface area contributed by atoms with Gasteiger partial charge in [-0.15, -0.1) is 17.9 Å². The van der Waals surface area contributed by atoms with Crippen LogP contribution in [0.2, 0.25) is 0 Å². The zero-order valence-corrected chi connectivity index (χ0v) is 18.9. The van der Waals surface area contributed by atoms with Crippen molar-refractivity contribution in [3.05, 3.63) is 35.4 Å². The summed E-state index contributed by atoms with van der Waals surface area (Å²) in [6, 6.07) is 0. The number of aromatic nitrogens is 1. The summed E-state index contributed by atoms with van der Waals surface area (Å²) in [5.74, 6) is 1.02. The Labute approximate surface area is 181 Å². The molecule has 1 aromatic heterocycles. The highest BCUT2D eigenvalue weighted by molar-refractivity contribution is 8.01. The maximum Gasteiger partial charge on any atom is 0.357 e. The predicted molar refractivity (Wildman–Crippen MR) is 118 cm³/mol. The molecule has 0 saturated heterocycles. The second kappa shape index (κ2) is 12.3. The molecule has 7 heteroatoms. The van der Waals surface area contributed by atoms with E-state index in [2.05, 4.69) is 17.6 Å². The number of carbonyl (C=O) groups is 2. The Kier molecular flexibility index (Phi) is 10.1. The van der Waals surface area contributed by atoms with Crippen LogP contribution in [0.5, 0.6) is 0 Å². The molecular weight excluding hydrogens is 406 g/mol. The summed E-state index contributed by atoms with van der Waals surface area (Å²) in [5, 5.41) is 11.7. The van der Waals surface area contributed by atoms with Crippen LogP contribution in [-0.2, 0) is 9.53 Å². The lowest BCUT2D eigenvalue weighted by Crippen LogP contribution is -2.14. The highest BCUT2D eigenvalue weighted by Crippen LogP contribution is 2.35. The molecule has 5 nitrogen and oxygen atoms in total. The fourth-order valence-corrected chi connectivity index (χ4v) is 5.26. The number of Topliss-reactive ketones (excluding diaryl/α,β-unsaturated/α-hetero) is 1. The van der Waals surface area contributed by atoms with Gasteiger partial charge >= 0.3 is 5.97 Å². The standard InChI is InChI=1S/C22H31NO4S2/c1-4-27-21(26)19-14-29-22(23-19)28-13-12-18-16(9-11-20(18)25)6-5-7-17(24)10-8-15(2)3/h5-6,14,16-18,24H,2,4,7-13H2,1,3H3/b6-5+/t16-,17-,18+/m0/s1. The molecular formula is C22H31NO4S2. The number of thiazole rings is 1. The summed E-state index contributed by atoms with van der Waals surface area (Å²) in [6.45, 7) is 7.94. The first-order chi connectivity index (χ1) is 13.9. The first-order valence-electron chi connectivity index (χ1n) is 10.2. The van der Waals surface area contributed by atoms with Crippen LogP contribution >= 0.6 is 23.1 Å². The molecule has 0 spiro atoms. The maximum atomic E-state index is 12.3. The number of nitrogens with zero attached hydrogens (tertiary/aromatic N) is 1. The summed E-state index contributed by atoms with van der Waals surface area (Å²) < 4.78 is 5.78. The van der Waals surface area contributed by atoms with Gasteiger partial charge in [-0.1, -0.05) is 29.5 Å². The van der Waals surface area contributed by atoms with E-state index in [0.29, 0.717) is 30.9 Å². The number of esters is 1. The molecule has 3 atom stereocenters. The van der Waals surface area contributed by atoms with Gasteiger partial charge in [-0.05, 0) is 51.9 Å². The Morgan fingerprint density at radius 2 is 2.34 bits per heavy atom. The van der Waals surface area contributed by atoms with Crippen LogP contribution in [0.4, 0.5) is 0 Å². The molecule has 0 aliphatic heterocycles. The van der Waals surface area contributed by atoms with Gasteiger partial charge in [0.25, 0.3) is 0 Å². The van der Waals surface area contributed by atoms with E-state index >= 15 is 0 Å². The normalized spacial score (nSPS) is 20.3. The van der Waals surface area contributed by atoms with Gasteiger partial charge in [0.05, 0.1) is 12.7 Å². The zero-order chi connectivity index (χ0) is 21.2. The van der Waals surface area contributed by atoms with Crippen molar-refractivity contribution in [2.75, 3.05) is 12.4 Å². The summed E-state index contributed by atoms with van der Waals surface area (Å²) in [6.07, 6.45) is 8.29. The number of hydrogen-bond donors (Lipinski definition) is 1. The summed E-state index contributed by atoms with van der Waals surface area (Å²) in [5.41, 5.74) is 1.43. The lowest BCUT2D eigenvalue weighted by molar-refractivity contribution is -0.121. The SMILES string of the molecule is C=C(C)CC[C@@H](O)C/C=C/[C@H]1CCC(=O)[C@@H]1CCSc1nc(C(=O)OCC)cs1. The van der Waals surface area contributed by atoms with Crippen molar-refractivity contribution in [2.24, 2.45) is 11.8 Å². The molecule has 1 aromatic rings. The molecule has 2 rings (SSSR count). The fraction of sp³-hybridized carbons (Fsp3) is 0.591. The maximum absolute atomic E-state index is 12.3. The molecule has 1 aliphatic carbocycles. The molecule has 0 unspecified atom stereocenters. The van der Waals surface area contributed by atoms with Crippen LogP contribution in [-0.4, -0.2) is 40.3 Å². The summed E-state index contributed by atoms with van der Waals surface area (Å²) >= 11 is 3.01. The molecule has 0 radical (unpaired) electrons. The largest absolute Gasteiger partial charge is 0.461 e. The van der Waals surface area contributed by atoms with Crippen molar-refractivity contribution in [3.8, 4) is 0 Å². The van der Waals surface area contributed by atoms with Gasteiger partial charge < -0.3 is 9.84 Å². The van der Waals surface area contributed by atoms with E-state index in [1.807, 2.05) is 13.0 Å². The lowest BCUT2D eigenvalue weighted by Gasteiger charge is -2.15. The number of carbonyl (C=O) groups excluding carboxylic acids is 2. The molecule has 1 saturated carbocycles. The molecule has 1 fully saturated rings. The van der Waals surface area contributed by atoms with Crippen molar-refractivity contribution in [1.82, 2.24) is 4.98 Å². The number of aliphatic hydroxyl groups excluding tert-OH is 1. The van der Waals surface area contributed by atoms with Crippen molar-refractivity contribution in [2.45, 2.75) is 62.8 Å². The second-order valence-electron chi connectivity index (χ2n) is 7.45. The molecule has 160 valence electrons. The predicted octanol–water partition coefficient (Wildman–Crippen LogP) is 5.06. The molecule has 29 heavy (non-hydrogen) atoms. The van der Waals surface area contributed by atoms with Gasteiger partial charge in [0, 0.05) is 23.5 Å². The third kappa shape index (κ3) is 8.07. The summed E-state index contributed by atoms with van der Waals surface area (Å²) in [7, 11) is 0. The first-order valence-corrected chi connectivity index (χ1v) is 12.0. The number of rotatable bonds is 12. The number of allylic oxidation sites excluding steroid dienone is 2. The highest BCUT2D eigenvalue weighted by Gasteiger charge is 2.32. The Balaban J connectivity index is 1.78. The second-order valence-corrected chi connectivity index (χ2v) is 9.65. The minimum Gasteiger partial charge on any atom is -0.461 e. The topological polar surface area (TPSA) is 76.5 Å². The van der Waals surface area contributed by atoms with Crippen LogP contribution in [0.15, 0.2) is 34.0 Å². The van der Waals surface area contributed by atoms with Gasteiger partial charge in [0.15, 0.2) is 10.0 Å². The highest BCUT2D eigenvalue weighted by atomic mass is 32.2. The van der Waals surface area contributed by atoms with E-state index in [1.54, 1.807) is 24.1 Å². The number of thioether (sulfide) groups is 1. The molecule has 0 bridgehead atoms. The van der Waals surface area contributed by atoms with Crippen LogP contribution in [0, 0.1) is 11.8 Å². The average Bonchev–Trinajstić information content (AvgIpc) is 3.28. The smallest absolute Gasteiger partial charge is 0.357 e. The lowest BCUT2D eigenvalue weighted by atomic mass is 9.92. The van der Waals surface area contributed by atoms with E-state index in [-0.39, 0.29) is 17.9 Å². The Hall–Kier alpha value is -1.44. The quantitative estimate of drug-likeness (QED) is 0.280. The van der Waals surface area contributed by atoms with Crippen LogP contribution in [0.1, 0.15) is 62.9 Å². The molecule has 0 amide bonds. The Morgan fingerprint density at radius 1 is 1.55 bits per heavy atom. The van der Waals surface area contributed by atoms with Gasteiger partial charge in [0.1, 0.15) is 5.78 Å². The third-order valence-corrected chi connectivity index (χ3v) is 7.03. The number of ketones is 1. The van der Waals surface area contributed by atoms with E-state index in [9.17, 15) is 14.7 Å². The molecule has 1 heterocycles. The Morgan fingerprint density at radius 3 is 3.07 bits per heavy atom. The molecule has 0 aromatic carbocycles. The summed E-state index contributed by atoms with van der Waals surface area (Å²) in [4.78, 5) is 28.3. The van der Waals surface area contributed by atoms with Crippen molar-refractivity contribution in [3.63, 3.8) is 0 Å². The fourth-order valence-electron chi connectivity index (χ4n) is 3.38. The van der Waals surface area contributed by atoms with E-state index in [1.165, 1.54) is 11.3 Å². The first kappa shape index (κ1) is 23.8. The minimum atomic E-state index is -0.391. The van der Waals surface area contributed by atoms with Gasteiger partial charge in [0.2, 0.25) is 0 Å². The molecule has 1 N–H and O–H groups in total. The average molecular weight is 438 g/mol. The van der Waals surface area contributed by atoms with E-state index in [4.69, 9.17) is 4.74 Å². The van der Waals surface area contributed by atoms with Crippen molar-refractivity contribution >= 4 is 34.9 Å². The third-order valence-electron chi connectivity index (χ3n) is 4.97. The van der Waals surface area contributed by atoms with Gasteiger partial charge in [-0.25, -0.2) is 9.78 Å². The van der Waals surface area contributed by atoms with Crippen molar-refractivity contribution < 1.29 is 19.4 Å².